The molecule has 1 aromatic rings. The van der Waals surface area contributed by atoms with Crippen molar-refractivity contribution in [2.24, 2.45) is 5.92 Å². The first-order chi connectivity index (χ1) is 8.33. The van der Waals surface area contributed by atoms with Gasteiger partial charge in [0.25, 0.3) is 0 Å². The van der Waals surface area contributed by atoms with E-state index in [4.69, 9.17) is 0 Å². The normalized spacial score (nSPS) is 24.6. The fraction of sp³-hybridized carbons (Fsp3) is 0.571. The van der Waals surface area contributed by atoms with E-state index in [1.807, 2.05) is 6.07 Å². The third-order valence-corrected chi connectivity index (χ3v) is 4.05. The maximum atomic E-state index is 13.2. The van der Waals surface area contributed by atoms with Crippen LogP contribution in [0.2, 0.25) is 0 Å². The number of rotatable bonds is 1. The monoisotopic (exact) mass is 234 g/mol. The Bertz CT molecular complexity index is 399. The number of hydrogen-bond acceptors (Lipinski definition) is 2. The Morgan fingerprint density at radius 3 is 2.71 bits per heavy atom. The van der Waals surface area contributed by atoms with Crippen molar-refractivity contribution in [3.05, 3.63) is 24.0 Å². The highest BCUT2D eigenvalue weighted by atomic mass is 19.1. The Morgan fingerprint density at radius 2 is 1.88 bits per heavy atom. The van der Waals surface area contributed by atoms with Gasteiger partial charge in [-0.2, -0.15) is 0 Å². The topological polar surface area (TPSA) is 24.1 Å². The highest BCUT2D eigenvalue weighted by molar-refractivity contribution is 5.71. The molecule has 2 nitrogen and oxygen atoms in total. The van der Waals surface area contributed by atoms with Gasteiger partial charge in [-0.25, -0.2) is 4.39 Å². The van der Waals surface area contributed by atoms with Gasteiger partial charge in [0.15, 0.2) is 0 Å². The summed E-state index contributed by atoms with van der Waals surface area (Å²) < 4.78 is 13.2. The van der Waals surface area contributed by atoms with Crippen molar-refractivity contribution in [1.29, 1.82) is 0 Å². The fourth-order valence-corrected chi connectivity index (χ4v) is 3.08. The quantitative estimate of drug-likeness (QED) is 0.775. The number of anilines is 2. The highest BCUT2D eigenvalue weighted by Gasteiger charge is 2.26. The summed E-state index contributed by atoms with van der Waals surface area (Å²) in [7, 11) is 0. The molecule has 0 spiro atoms. The lowest BCUT2D eigenvalue weighted by Crippen LogP contribution is -2.40. The van der Waals surface area contributed by atoms with E-state index in [0.29, 0.717) is 6.04 Å². The smallest absolute Gasteiger partial charge is 0.125 e. The lowest BCUT2D eigenvalue weighted by molar-refractivity contribution is 0.322. The molecule has 3 heteroatoms. The SMILES string of the molecule is Fc1ccc2c(c1)NC(C1CCCCC1)CN2. The molecule has 1 aliphatic heterocycles. The van der Waals surface area contributed by atoms with Crippen LogP contribution < -0.4 is 10.6 Å². The first-order valence-electron chi connectivity index (χ1n) is 6.63. The third-order valence-electron chi connectivity index (χ3n) is 4.05. The van der Waals surface area contributed by atoms with E-state index in [0.717, 1.165) is 23.8 Å². The van der Waals surface area contributed by atoms with Crippen LogP contribution in [0.1, 0.15) is 32.1 Å². The molecule has 2 aliphatic rings. The van der Waals surface area contributed by atoms with Crippen LogP contribution in [0, 0.1) is 11.7 Å². The molecule has 0 radical (unpaired) electrons. The Balaban J connectivity index is 1.75. The van der Waals surface area contributed by atoms with Crippen LogP contribution in [0.4, 0.5) is 15.8 Å². The molecule has 0 aromatic heterocycles. The summed E-state index contributed by atoms with van der Waals surface area (Å²) in [5.41, 5.74) is 1.95. The molecule has 1 heterocycles. The van der Waals surface area contributed by atoms with E-state index in [9.17, 15) is 4.39 Å². The second-order valence-electron chi connectivity index (χ2n) is 5.22. The molecule has 0 bridgehead atoms. The maximum Gasteiger partial charge on any atom is 0.125 e. The second kappa shape index (κ2) is 4.55. The highest BCUT2D eigenvalue weighted by Crippen LogP contribution is 2.33. The van der Waals surface area contributed by atoms with Crippen molar-refractivity contribution in [3.63, 3.8) is 0 Å². The van der Waals surface area contributed by atoms with Crippen molar-refractivity contribution in [2.75, 3.05) is 17.2 Å². The number of nitrogens with one attached hydrogen (secondary N) is 2. The third kappa shape index (κ3) is 2.24. The summed E-state index contributed by atoms with van der Waals surface area (Å²) in [6, 6.07) is 5.38. The molecule has 17 heavy (non-hydrogen) atoms. The van der Waals surface area contributed by atoms with E-state index in [1.165, 1.54) is 38.2 Å². The van der Waals surface area contributed by atoms with Crippen molar-refractivity contribution >= 4 is 11.4 Å². The first kappa shape index (κ1) is 10.9. The van der Waals surface area contributed by atoms with Gasteiger partial charge in [0.05, 0.1) is 11.4 Å². The number of fused-ring (bicyclic) bond motifs is 1. The van der Waals surface area contributed by atoms with Crippen LogP contribution in [-0.4, -0.2) is 12.6 Å². The minimum Gasteiger partial charge on any atom is -0.381 e. The van der Waals surface area contributed by atoms with E-state index < -0.39 is 0 Å². The Morgan fingerprint density at radius 1 is 1.06 bits per heavy atom. The second-order valence-corrected chi connectivity index (χ2v) is 5.22. The van der Waals surface area contributed by atoms with Crippen LogP contribution in [0.25, 0.3) is 0 Å². The van der Waals surface area contributed by atoms with Gasteiger partial charge in [-0.3, -0.25) is 0 Å². The summed E-state index contributed by atoms with van der Waals surface area (Å²) in [5.74, 6) is 0.579. The van der Waals surface area contributed by atoms with Gasteiger partial charge in [-0.1, -0.05) is 19.3 Å². The molecule has 3 rings (SSSR count). The van der Waals surface area contributed by atoms with Gasteiger partial charge in [-0.05, 0) is 37.0 Å². The van der Waals surface area contributed by atoms with Crippen molar-refractivity contribution in [2.45, 2.75) is 38.1 Å². The summed E-state index contributed by atoms with van der Waals surface area (Å²) in [5, 5.41) is 6.91. The molecule has 1 atom stereocenters. The average molecular weight is 234 g/mol. The van der Waals surface area contributed by atoms with Gasteiger partial charge >= 0.3 is 0 Å². The van der Waals surface area contributed by atoms with E-state index in [1.54, 1.807) is 6.07 Å². The molecule has 1 unspecified atom stereocenters. The molecule has 1 aliphatic carbocycles. The largest absolute Gasteiger partial charge is 0.381 e. The van der Waals surface area contributed by atoms with Crippen molar-refractivity contribution < 1.29 is 4.39 Å². The molecular weight excluding hydrogens is 215 g/mol. The minimum atomic E-state index is -0.164. The Hall–Kier alpha value is -1.25. The zero-order chi connectivity index (χ0) is 11.7. The summed E-state index contributed by atoms with van der Waals surface area (Å²) in [6.45, 7) is 0.962. The molecule has 92 valence electrons. The van der Waals surface area contributed by atoms with E-state index in [-0.39, 0.29) is 5.82 Å². The summed E-state index contributed by atoms with van der Waals surface area (Å²) in [4.78, 5) is 0. The van der Waals surface area contributed by atoms with Gasteiger partial charge in [0.1, 0.15) is 5.82 Å². The molecular formula is C14H19FN2. The van der Waals surface area contributed by atoms with Crippen molar-refractivity contribution in [1.82, 2.24) is 0 Å². The predicted molar refractivity (Wildman–Crippen MR) is 68.9 cm³/mol. The van der Waals surface area contributed by atoms with E-state index in [2.05, 4.69) is 10.6 Å². The van der Waals surface area contributed by atoms with Crippen LogP contribution >= 0.6 is 0 Å². The van der Waals surface area contributed by atoms with Crippen LogP contribution in [0.3, 0.4) is 0 Å². The molecule has 1 fully saturated rings. The zero-order valence-corrected chi connectivity index (χ0v) is 10.0. The van der Waals surface area contributed by atoms with Crippen molar-refractivity contribution in [3.8, 4) is 0 Å². The molecule has 0 amide bonds. The van der Waals surface area contributed by atoms with Gasteiger partial charge < -0.3 is 10.6 Å². The number of hydrogen-bond donors (Lipinski definition) is 2. The minimum absolute atomic E-state index is 0.164. The zero-order valence-electron chi connectivity index (χ0n) is 10.0. The molecule has 0 saturated heterocycles. The summed E-state index contributed by atoms with van der Waals surface area (Å²) >= 11 is 0. The van der Waals surface area contributed by atoms with Crippen LogP contribution in [0.15, 0.2) is 18.2 Å². The molecule has 1 saturated carbocycles. The van der Waals surface area contributed by atoms with E-state index >= 15 is 0 Å². The Kier molecular flexibility index (Phi) is 2.91. The lowest BCUT2D eigenvalue weighted by atomic mass is 9.83. The summed E-state index contributed by atoms with van der Waals surface area (Å²) in [6.07, 6.45) is 6.69. The van der Waals surface area contributed by atoms with Crippen LogP contribution in [0.5, 0.6) is 0 Å². The predicted octanol–water partition coefficient (Wildman–Crippen LogP) is 3.61. The average Bonchev–Trinajstić information content (AvgIpc) is 2.39. The number of halogens is 1. The molecule has 1 aromatic carbocycles. The molecule has 2 N–H and O–H groups in total. The first-order valence-corrected chi connectivity index (χ1v) is 6.63. The Labute approximate surface area is 102 Å². The van der Waals surface area contributed by atoms with Gasteiger partial charge in [0.2, 0.25) is 0 Å². The fourth-order valence-electron chi connectivity index (χ4n) is 3.08. The standard InChI is InChI=1S/C14H19FN2/c15-11-6-7-12-13(8-11)17-14(9-16-12)10-4-2-1-3-5-10/h6-8,10,14,16-17H,1-5,9H2. The lowest BCUT2D eigenvalue weighted by Gasteiger charge is -2.36. The number of benzene rings is 1. The van der Waals surface area contributed by atoms with Gasteiger partial charge in [-0.15, -0.1) is 0 Å². The maximum absolute atomic E-state index is 13.2. The van der Waals surface area contributed by atoms with Crippen LogP contribution in [-0.2, 0) is 0 Å². The van der Waals surface area contributed by atoms with Gasteiger partial charge in [0, 0.05) is 12.6 Å².